The van der Waals surface area contributed by atoms with Gasteiger partial charge in [-0.15, -0.1) is 0 Å². The molecule has 0 bridgehead atoms. The lowest BCUT2D eigenvalue weighted by atomic mass is 9.95. The predicted molar refractivity (Wildman–Crippen MR) is 83.9 cm³/mol. The number of aromatic amines is 1. The van der Waals surface area contributed by atoms with Crippen molar-refractivity contribution in [1.82, 2.24) is 10.3 Å². The van der Waals surface area contributed by atoms with Gasteiger partial charge in [-0.05, 0) is 54.9 Å². The molecule has 0 saturated carbocycles. The number of H-pyrrole nitrogens is 1. The molecule has 0 fully saturated rings. The van der Waals surface area contributed by atoms with Crippen LogP contribution in [0.1, 0.15) is 22.7 Å². The summed E-state index contributed by atoms with van der Waals surface area (Å²) in [6.07, 6.45) is 0. The van der Waals surface area contributed by atoms with Crippen LogP contribution in [0.25, 0.3) is 11.1 Å². The van der Waals surface area contributed by atoms with Crippen LogP contribution < -0.4 is 11.1 Å². The number of hydrogen-bond donors (Lipinski definition) is 2. The maximum atomic E-state index is 11.2. The number of oxazole rings is 1. The highest BCUT2D eigenvalue weighted by Gasteiger charge is 2.15. The van der Waals surface area contributed by atoms with E-state index in [9.17, 15) is 4.79 Å². The minimum absolute atomic E-state index is 0.00636. The predicted octanol–water partition coefficient (Wildman–Crippen LogP) is 3.39. The van der Waals surface area contributed by atoms with Crippen molar-refractivity contribution in [3.05, 3.63) is 68.7 Å². The summed E-state index contributed by atoms with van der Waals surface area (Å²) in [4.78, 5) is 13.9. The monoisotopic (exact) mass is 302 g/mol. The van der Waals surface area contributed by atoms with Crippen molar-refractivity contribution in [2.45, 2.75) is 13.0 Å². The van der Waals surface area contributed by atoms with Gasteiger partial charge in [0.15, 0.2) is 5.58 Å². The van der Waals surface area contributed by atoms with E-state index in [4.69, 9.17) is 16.0 Å². The van der Waals surface area contributed by atoms with Crippen molar-refractivity contribution in [2.75, 3.05) is 7.05 Å². The number of nitrogens with one attached hydrogen (secondary N) is 2. The molecule has 2 aromatic carbocycles. The third-order valence-electron chi connectivity index (χ3n) is 3.61. The number of aryl methyl sites for hydroxylation is 1. The molecule has 0 amide bonds. The van der Waals surface area contributed by atoms with Crippen LogP contribution >= 0.6 is 11.6 Å². The van der Waals surface area contributed by atoms with Crippen molar-refractivity contribution in [3.63, 3.8) is 0 Å². The molecule has 5 heteroatoms. The van der Waals surface area contributed by atoms with E-state index >= 15 is 0 Å². The average Bonchev–Trinajstić information content (AvgIpc) is 2.81. The van der Waals surface area contributed by atoms with E-state index in [1.54, 1.807) is 0 Å². The zero-order chi connectivity index (χ0) is 15.0. The van der Waals surface area contributed by atoms with Crippen LogP contribution in [0.2, 0.25) is 5.02 Å². The lowest BCUT2D eigenvalue weighted by Crippen LogP contribution is -2.18. The zero-order valence-corrected chi connectivity index (χ0v) is 12.5. The second kappa shape index (κ2) is 5.39. The molecule has 1 aromatic heterocycles. The Hall–Kier alpha value is -2.04. The van der Waals surface area contributed by atoms with Crippen molar-refractivity contribution >= 4 is 22.7 Å². The Labute approximate surface area is 126 Å². The Morgan fingerprint density at radius 1 is 1.24 bits per heavy atom. The highest BCUT2D eigenvalue weighted by atomic mass is 35.5. The van der Waals surface area contributed by atoms with Gasteiger partial charge in [0.05, 0.1) is 11.6 Å². The smallest absolute Gasteiger partial charge is 0.408 e. The summed E-state index contributed by atoms with van der Waals surface area (Å²) in [6, 6.07) is 11.5. The fourth-order valence-corrected chi connectivity index (χ4v) is 2.83. The quantitative estimate of drug-likeness (QED) is 0.779. The van der Waals surface area contributed by atoms with Crippen LogP contribution in [0.3, 0.4) is 0 Å². The first kappa shape index (κ1) is 13.9. The Kier molecular flexibility index (Phi) is 3.57. The van der Waals surface area contributed by atoms with E-state index < -0.39 is 5.76 Å². The third kappa shape index (κ3) is 2.60. The van der Waals surface area contributed by atoms with Crippen molar-refractivity contribution in [3.8, 4) is 0 Å². The van der Waals surface area contributed by atoms with Crippen LogP contribution in [0, 0.1) is 6.92 Å². The van der Waals surface area contributed by atoms with E-state index in [1.165, 1.54) is 0 Å². The van der Waals surface area contributed by atoms with Crippen LogP contribution in [0.5, 0.6) is 0 Å². The molecule has 4 nitrogen and oxygen atoms in total. The molecule has 0 spiro atoms. The lowest BCUT2D eigenvalue weighted by molar-refractivity contribution is 0.554. The first-order valence-electron chi connectivity index (χ1n) is 6.64. The number of fused-ring (bicyclic) bond motifs is 1. The lowest BCUT2D eigenvalue weighted by Gasteiger charge is -2.19. The SMILES string of the molecule is CNC(c1ccc2[nH]c(=O)oc2c1)c1ccc(Cl)cc1C. The summed E-state index contributed by atoms with van der Waals surface area (Å²) in [5.41, 5.74) is 4.53. The molecule has 0 aliphatic carbocycles. The largest absolute Gasteiger partial charge is 0.417 e. The summed E-state index contributed by atoms with van der Waals surface area (Å²) < 4.78 is 5.13. The van der Waals surface area contributed by atoms with Crippen LogP contribution in [0.15, 0.2) is 45.6 Å². The molecule has 0 aliphatic heterocycles. The standard InChI is InChI=1S/C16H15ClN2O2/c1-9-7-11(17)4-5-12(9)15(18-2)10-3-6-13-14(8-10)21-16(20)19-13/h3-8,15,18H,1-2H3,(H,19,20). The molecule has 2 N–H and O–H groups in total. The van der Waals surface area contributed by atoms with E-state index in [0.29, 0.717) is 11.1 Å². The Balaban J connectivity index is 2.10. The zero-order valence-electron chi connectivity index (χ0n) is 11.7. The van der Waals surface area contributed by atoms with Gasteiger partial charge >= 0.3 is 5.76 Å². The first-order chi connectivity index (χ1) is 10.1. The fraction of sp³-hybridized carbons (Fsp3) is 0.188. The van der Waals surface area contributed by atoms with Crippen LogP contribution in [-0.2, 0) is 0 Å². The average molecular weight is 303 g/mol. The minimum atomic E-state index is -0.439. The summed E-state index contributed by atoms with van der Waals surface area (Å²) in [5, 5.41) is 4.01. The Bertz CT molecular complexity index is 851. The van der Waals surface area contributed by atoms with Gasteiger partial charge < -0.3 is 9.73 Å². The highest BCUT2D eigenvalue weighted by Crippen LogP contribution is 2.28. The topological polar surface area (TPSA) is 58.0 Å². The van der Waals surface area contributed by atoms with Gasteiger partial charge in [-0.1, -0.05) is 23.7 Å². The number of benzene rings is 2. The van der Waals surface area contributed by atoms with Gasteiger partial charge in [0.25, 0.3) is 0 Å². The number of rotatable bonds is 3. The van der Waals surface area contributed by atoms with Crippen LogP contribution in [0.4, 0.5) is 0 Å². The molecule has 0 radical (unpaired) electrons. The van der Waals surface area contributed by atoms with Crippen LogP contribution in [-0.4, -0.2) is 12.0 Å². The molecular formula is C16H15ClN2O2. The minimum Gasteiger partial charge on any atom is -0.408 e. The normalized spacial score (nSPS) is 12.7. The van der Waals surface area contributed by atoms with Gasteiger partial charge in [0, 0.05) is 5.02 Å². The van der Waals surface area contributed by atoms with E-state index in [2.05, 4.69) is 10.3 Å². The van der Waals surface area contributed by atoms with Gasteiger partial charge in [0.2, 0.25) is 0 Å². The van der Waals surface area contributed by atoms with Gasteiger partial charge in [-0.3, -0.25) is 4.98 Å². The van der Waals surface area contributed by atoms with Crippen molar-refractivity contribution in [2.24, 2.45) is 0 Å². The second-order valence-corrected chi connectivity index (χ2v) is 5.43. The summed E-state index contributed by atoms with van der Waals surface area (Å²) >= 11 is 6.02. The maximum Gasteiger partial charge on any atom is 0.417 e. The van der Waals surface area contributed by atoms with Gasteiger partial charge in [-0.25, -0.2) is 4.79 Å². The summed E-state index contributed by atoms with van der Waals surface area (Å²) in [7, 11) is 1.90. The Morgan fingerprint density at radius 3 is 2.76 bits per heavy atom. The molecule has 108 valence electrons. The molecular weight excluding hydrogens is 288 g/mol. The summed E-state index contributed by atoms with van der Waals surface area (Å²) in [5.74, 6) is -0.439. The van der Waals surface area contributed by atoms with Crippen molar-refractivity contribution in [1.29, 1.82) is 0 Å². The van der Waals surface area contributed by atoms with Gasteiger partial charge in [-0.2, -0.15) is 0 Å². The van der Waals surface area contributed by atoms with E-state index in [-0.39, 0.29) is 6.04 Å². The van der Waals surface area contributed by atoms with E-state index in [0.717, 1.165) is 21.7 Å². The molecule has 0 aliphatic rings. The van der Waals surface area contributed by atoms with Crippen molar-refractivity contribution < 1.29 is 4.42 Å². The van der Waals surface area contributed by atoms with Gasteiger partial charge in [0.1, 0.15) is 0 Å². The number of hydrogen-bond acceptors (Lipinski definition) is 3. The highest BCUT2D eigenvalue weighted by molar-refractivity contribution is 6.30. The maximum absolute atomic E-state index is 11.2. The molecule has 3 rings (SSSR count). The molecule has 21 heavy (non-hydrogen) atoms. The fourth-order valence-electron chi connectivity index (χ4n) is 2.61. The number of aromatic nitrogens is 1. The van der Waals surface area contributed by atoms with E-state index in [1.807, 2.05) is 50.4 Å². The third-order valence-corrected chi connectivity index (χ3v) is 3.85. The molecule has 1 unspecified atom stereocenters. The number of halogens is 1. The first-order valence-corrected chi connectivity index (χ1v) is 7.02. The molecule has 1 heterocycles. The second-order valence-electron chi connectivity index (χ2n) is 4.99. The molecule has 1 atom stereocenters. The summed E-state index contributed by atoms with van der Waals surface area (Å²) in [6.45, 7) is 2.03. The molecule has 3 aromatic rings. The molecule has 0 saturated heterocycles. The Morgan fingerprint density at radius 2 is 2.05 bits per heavy atom.